The van der Waals surface area contributed by atoms with E-state index in [1.165, 1.54) is 0 Å². The summed E-state index contributed by atoms with van der Waals surface area (Å²) < 4.78 is 5.84. The first-order valence-electron chi connectivity index (χ1n) is 7.73. The standard InChI is InChI=1S/C17H20N4O2/c1-9(2)23-14-5-4-6-19-16(14)11-7-12-15(13(22)8-11)10(3)20-17(18)21-12/h4-6,9,11H,7-8H2,1-3H3,(H2,18,20,21). The van der Waals surface area contributed by atoms with Crippen molar-refractivity contribution >= 4 is 11.7 Å². The molecule has 0 saturated heterocycles. The molecule has 0 radical (unpaired) electrons. The maximum atomic E-state index is 12.5. The Balaban J connectivity index is 1.99. The number of carbonyl (C=O) groups excluding carboxylic acids is 1. The number of rotatable bonds is 3. The van der Waals surface area contributed by atoms with Crippen LogP contribution in [0.2, 0.25) is 0 Å². The number of nitrogens with two attached hydrogens (primary N) is 1. The Morgan fingerprint density at radius 1 is 1.30 bits per heavy atom. The van der Waals surface area contributed by atoms with Crippen LogP contribution in [-0.4, -0.2) is 26.8 Å². The summed E-state index contributed by atoms with van der Waals surface area (Å²) >= 11 is 0. The number of hydrogen-bond donors (Lipinski definition) is 1. The van der Waals surface area contributed by atoms with Crippen LogP contribution in [0.4, 0.5) is 5.95 Å². The zero-order valence-corrected chi connectivity index (χ0v) is 13.5. The van der Waals surface area contributed by atoms with E-state index >= 15 is 0 Å². The number of ketones is 1. The van der Waals surface area contributed by atoms with Crippen molar-refractivity contribution in [2.45, 2.75) is 45.6 Å². The van der Waals surface area contributed by atoms with Crippen molar-refractivity contribution < 1.29 is 9.53 Å². The van der Waals surface area contributed by atoms with E-state index in [1.54, 1.807) is 13.1 Å². The zero-order valence-electron chi connectivity index (χ0n) is 13.5. The Labute approximate surface area is 135 Å². The Bertz CT molecular complexity index is 758. The van der Waals surface area contributed by atoms with Crippen molar-refractivity contribution in [3.63, 3.8) is 0 Å². The molecular weight excluding hydrogens is 292 g/mol. The van der Waals surface area contributed by atoms with Gasteiger partial charge in [0.2, 0.25) is 5.95 Å². The molecule has 3 rings (SSSR count). The highest BCUT2D eigenvalue weighted by Gasteiger charge is 2.32. The maximum Gasteiger partial charge on any atom is 0.220 e. The molecule has 2 N–H and O–H groups in total. The number of nitrogen functional groups attached to an aromatic ring is 1. The number of nitrogens with zero attached hydrogens (tertiary/aromatic N) is 3. The molecule has 23 heavy (non-hydrogen) atoms. The van der Waals surface area contributed by atoms with Crippen LogP contribution in [0.3, 0.4) is 0 Å². The fraction of sp³-hybridized carbons (Fsp3) is 0.412. The van der Waals surface area contributed by atoms with Crippen molar-refractivity contribution in [3.05, 3.63) is 41.0 Å². The number of anilines is 1. The number of ether oxygens (including phenoxy) is 1. The SMILES string of the molecule is Cc1nc(N)nc2c1C(=O)CC(c1ncccc1OC(C)C)C2. The number of Topliss-reactive ketones (excluding diaryl/α,β-unsaturated/α-hetero) is 1. The minimum Gasteiger partial charge on any atom is -0.489 e. The van der Waals surface area contributed by atoms with Gasteiger partial charge >= 0.3 is 0 Å². The topological polar surface area (TPSA) is 91.0 Å². The molecule has 6 heteroatoms. The van der Waals surface area contributed by atoms with E-state index in [0.717, 1.165) is 11.4 Å². The van der Waals surface area contributed by atoms with Gasteiger partial charge in [0.15, 0.2) is 5.78 Å². The summed E-state index contributed by atoms with van der Waals surface area (Å²) in [5, 5.41) is 0. The van der Waals surface area contributed by atoms with Crippen LogP contribution < -0.4 is 10.5 Å². The highest BCUT2D eigenvalue weighted by molar-refractivity contribution is 5.99. The average Bonchev–Trinajstić information content (AvgIpc) is 2.45. The van der Waals surface area contributed by atoms with Gasteiger partial charge in [-0.05, 0) is 39.3 Å². The van der Waals surface area contributed by atoms with Gasteiger partial charge in [0.1, 0.15) is 5.75 Å². The van der Waals surface area contributed by atoms with Crippen molar-refractivity contribution in [1.82, 2.24) is 15.0 Å². The summed E-state index contributed by atoms with van der Waals surface area (Å²) in [6, 6.07) is 3.73. The molecule has 0 aromatic carbocycles. The molecule has 0 fully saturated rings. The van der Waals surface area contributed by atoms with Crippen molar-refractivity contribution in [3.8, 4) is 5.75 Å². The quantitative estimate of drug-likeness (QED) is 0.936. The summed E-state index contributed by atoms with van der Waals surface area (Å²) in [5.41, 5.74) is 8.50. The average molecular weight is 312 g/mol. The number of pyridine rings is 1. The van der Waals surface area contributed by atoms with Gasteiger partial charge < -0.3 is 10.5 Å². The molecule has 0 aliphatic heterocycles. The molecule has 0 bridgehead atoms. The van der Waals surface area contributed by atoms with Gasteiger partial charge in [0.05, 0.1) is 28.7 Å². The Morgan fingerprint density at radius 3 is 2.83 bits per heavy atom. The number of hydrogen-bond acceptors (Lipinski definition) is 6. The predicted molar refractivity (Wildman–Crippen MR) is 86.6 cm³/mol. The van der Waals surface area contributed by atoms with Gasteiger partial charge in [0.25, 0.3) is 0 Å². The number of aryl methyl sites for hydroxylation is 1. The van der Waals surface area contributed by atoms with Crippen LogP contribution in [0, 0.1) is 6.92 Å². The van der Waals surface area contributed by atoms with Gasteiger partial charge in [-0.25, -0.2) is 9.97 Å². The first-order valence-corrected chi connectivity index (χ1v) is 7.73. The van der Waals surface area contributed by atoms with Gasteiger partial charge in [-0.1, -0.05) is 0 Å². The molecule has 2 aromatic rings. The largest absolute Gasteiger partial charge is 0.489 e. The van der Waals surface area contributed by atoms with Gasteiger partial charge in [0, 0.05) is 18.5 Å². The third-order valence-electron chi connectivity index (χ3n) is 3.88. The minimum atomic E-state index is -0.0568. The number of aromatic nitrogens is 3. The van der Waals surface area contributed by atoms with Crippen LogP contribution in [0.15, 0.2) is 18.3 Å². The van der Waals surface area contributed by atoms with Crippen LogP contribution in [-0.2, 0) is 6.42 Å². The minimum absolute atomic E-state index is 0.0369. The fourth-order valence-electron chi connectivity index (χ4n) is 3.05. The van der Waals surface area contributed by atoms with Gasteiger partial charge in [-0.3, -0.25) is 9.78 Å². The lowest BCUT2D eigenvalue weighted by Crippen LogP contribution is -2.24. The normalized spacial score (nSPS) is 17.2. The second-order valence-electron chi connectivity index (χ2n) is 6.07. The van der Waals surface area contributed by atoms with Crippen molar-refractivity contribution in [2.75, 3.05) is 5.73 Å². The van der Waals surface area contributed by atoms with Crippen LogP contribution in [0.25, 0.3) is 0 Å². The lowest BCUT2D eigenvalue weighted by atomic mass is 9.83. The predicted octanol–water partition coefficient (Wildman–Crippen LogP) is 2.46. The van der Waals surface area contributed by atoms with Crippen LogP contribution in [0.1, 0.15) is 53.6 Å². The van der Waals surface area contributed by atoms with E-state index in [0.29, 0.717) is 29.8 Å². The van der Waals surface area contributed by atoms with E-state index in [1.807, 2.05) is 26.0 Å². The molecule has 2 aromatic heterocycles. The van der Waals surface area contributed by atoms with E-state index in [4.69, 9.17) is 10.5 Å². The summed E-state index contributed by atoms with van der Waals surface area (Å²) in [7, 11) is 0. The van der Waals surface area contributed by atoms with E-state index in [-0.39, 0.29) is 23.8 Å². The van der Waals surface area contributed by atoms with E-state index in [9.17, 15) is 4.79 Å². The zero-order chi connectivity index (χ0) is 16.6. The molecule has 0 amide bonds. The van der Waals surface area contributed by atoms with Crippen molar-refractivity contribution in [1.29, 1.82) is 0 Å². The maximum absolute atomic E-state index is 12.5. The van der Waals surface area contributed by atoms with E-state index < -0.39 is 0 Å². The van der Waals surface area contributed by atoms with Gasteiger partial charge in [-0.15, -0.1) is 0 Å². The lowest BCUT2D eigenvalue weighted by Gasteiger charge is -2.25. The lowest BCUT2D eigenvalue weighted by molar-refractivity contribution is 0.0960. The molecule has 120 valence electrons. The summed E-state index contributed by atoms with van der Waals surface area (Å²) in [5.74, 6) is 0.908. The number of carbonyl (C=O) groups is 1. The molecule has 1 aliphatic carbocycles. The molecule has 1 unspecified atom stereocenters. The highest BCUT2D eigenvalue weighted by Crippen LogP contribution is 2.36. The fourth-order valence-corrected chi connectivity index (χ4v) is 3.05. The molecule has 1 atom stereocenters. The molecule has 6 nitrogen and oxygen atoms in total. The smallest absolute Gasteiger partial charge is 0.220 e. The molecular formula is C17H20N4O2. The first kappa shape index (κ1) is 15.4. The third-order valence-corrected chi connectivity index (χ3v) is 3.88. The second kappa shape index (κ2) is 5.95. The molecule has 2 heterocycles. The molecule has 0 saturated carbocycles. The summed E-state index contributed by atoms with van der Waals surface area (Å²) in [4.78, 5) is 25.4. The second-order valence-corrected chi connectivity index (χ2v) is 6.07. The van der Waals surface area contributed by atoms with E-state index in [2.05, 4.69) is 15.0 Å². The number of fused-ring (bicyclic) bond motifs is 1. The monoisotopic (exact) mass is 312 g/mol. The Morgan fingerprint density at radius 2 is 2.09 bits per heavy atom. The van der Waals surface area contributed by atoms with Crippen molar-refractivity contribution in [2.24, 2.45) is 0 Å². The third kappa shape index (κ3) is 3.02. The molecule has 1 aliphatic rings. The highest BCUT2D eigenvalue weighted by atomic mass is 16.5. The first-order chi connectivity index (χ1) is 11.0. The van der Waals surface area contributed by atoms with Crippen LogP contribution >= 0.6 is 0 Å². The van der Waals surface area contributed by atoms with Crippen LogP contribution in [0.5, 0.6) is 5.75 Å². The summed E-state index contributed by atoms with van der Waals surface area (Å²) in [6.45, 7) is 5.73. The molecule has 0 spiro atoms. The van der Waals surface area contributed by atoms with Gasteiger partial charge in [-0.2, -0.15) is 0 Å². The Kier molecular flexibility index (Phi) is 3.98. The Hall–Kier alpha value is -2.50. The summed E-state index contributed by atoms with van der Waals surface area (Å²) in [6.07, 6.45) is 2.76.